The lowest BCUT2D eigenvalue weighted by Gasteiger charge is -1.95. The first-order valence-electron chi connectivity index (χ1n) is 4.48. The molecule has 0 aliphatic carbocycles. The highest BCUT2D eigenvalue weighted by Crippen LogP contribution is 2.22. The van der Waals surface area contributed by atoms with Gasteiger partial charge in [0, 0.05) is 5.02 Å². The largest absolute Gasteiger partial charge is 0.382 e. The zero-order chi connectivity index (χ0) is 11.4. The third-order valence-electron chi connectivity index (χ3n) is 1.82. The van der Waals surface area contributed by atoms with Crippen LogP contribution < -0.4 is 5.73 Å². The van der Waals surface area contributed by atoms with Crippen molar-refractivity contribution in [1.29, 1.82) is 0 Å². The quantitative estimate of drug-likeness (QED) is 0.810. The summed E-state index contributed by atoms with van der Waals surface area (Å²) in [4.78, 5) is 7.60. The average Bonchev–Trinajstić information content (AvgIpc) is 2.30. The predicted molar refractivity (Wildman–Crippen MR) is 62.1 cm³/mol. The smallest absolute Gasteiger partial charge is 0.154 e. The molecule has 1 aromatic carbocycles. The highest BCUT2D eigenvalue weighted by Gasteiger charge is 1.97. The van der Waals surface area contributed by atoms with Crippen LogP contribution in [0.5, 0.6) is 0 Å². The number of azo groups is 1. The van der Waals surface area contributed by atoms with E-state index < -0.39 is 0 Å². The molecule has 0 saturated heterocycles. The Balaban J connectivity index is 2.21. The molecule has 0 aliphatic heterocycles. The average molecular weight is 234 g/mol. The third kappa shape index (κ3) is 2.52. The predicted octanol–water partition coefficient (Wildman–Crippen LogP) is 3.13. The number of anilines is 1. The minimum atomic E-state index is 0.299. The number of halogens is 1. The number of nitrogen functional groups attached to an aromatic ring is 1. The van der Waals surface area contributed by atoms with Crippen molar-refractivity contribution in [2.24, 2.45) is 10.2 Å². The molecule has 0 saturated carbocycles. The van der Waals surface area contributed by atoms with E-state index in [0.29, 0.717) is 22.2 Å². The summed E-state index contributed by atoms with van der Waals surface area (Å²) in [5, 5.41) is 8.58. The molecule has 2 rings (SSSR count). The van der Waals surface area contributed by atoms with E-state index >= 15 is 0 Å². The summed E-state index contributed by atoms with van der Waals surface area (Å²) >= 11 is 5.74. The molecule has 1 heterocycles. The van der Waals surface area contributed by atoms with E-state index in [4.69, 9.17) is 17.3 Å². The molecule has 0 spiro atoms. The first-order chi connectivity index (χ1) is 7.75. The lowest BCUT2D eigenvalue weighted by atomic mass is 10.3. The van der Waals surface area contributed by atoms with Crippen molar-refractivity contribution in [2.75, 3.05) is 5.73 Å². The maximum absolute atomic E-state index is 5.74. The lowest BCUT2D eigenvalue weighted by molar-refractivity contribution is 1.13. The zero-order valence-electron chi connectivity index (χ0n) is 8.21. The number of hydrogen-bond acceptors (Lipinski definition) is 5. The maximum atomic E-state index is 5.74. The topological polar surface area (TPSA) is 76.5 Å². The van der Waals surface area contributed by atoms with Crippen molar-refractivity contribution in [1.82, 2.24) is 9.97 Å². The second kappa shape index (κ2) is 4.67. The van der Waals surface area contributed by atoms with E-state index in [1.807, 2.05) is 0 Å². The van der Waals surface area contributed by atoms with Crippen LogP contribution in [-0.2, 0) is 0 Å². The molecule has 0 aliphatic rings. The molecule has 0 bridgehead atoms. The molecular weight excluding hydrogens is 226 g/mol. The minimum absolute atomic E-state index is 0.299. The van der Waals surface area contributed by atoms with Crippen molar-refractivity contribution in [3.63, 3.8) is 0 Å². The summed E-state index contributed by atoms with van der Waals surface area (Å²) < 4.78 is 0. The Morgan fingerprint density at radius 2 is 1.88 bits per heavy atom. The van der Waals surface area contributed by atoms with Crippen LogP contribution in [-0.4, -0.2) is 9.97 Å². The van der Waals surface area contributed by atoms with E-state index in [1.54, 1.807) is 24.3 Å². The van der Waals surface area contributed by atoms with Crippen LogP contribution in [0.1, 0.15) is 0 Å². The standard InChI is InChI=1S/C10H8ClN5/c11-7-1-3-8(4-2-7)15-16-9-5-13-6-14-10(9)12/h1-6H,(H2,12,13,14). The van der Waals surface area contributed by atoms with Gasteiger partial charge in [-0.3, -0.25) is 0 Å². The molecule has 0 atom stereocenters. The Bertz CT molecular complexity index is 509. The molecule has 16 heavy (non-hydrogen) atoms. The monoisotopic (exact) mass is 233 g/mol. The van der Waals surface area contributed by atoms with Gasteiger partial charge in [-0.2, -0.15) is 5.11 Å². The van der Waals surface area contributed by atoms with Crippen LogP contribution in [0.15, 0.2) is 47.0 Å². The number of rotatable bonds is 2. The van der Waals surface area contributed by atoms with Crippen LogP contribution in [0.4, 0.5) is 17.2 Å². The van der Waals surface area contributed by atoms with Gasteiger partial charge in [0.15, 0.2) is 5.82 Å². The second-order valence-electron chi connectivity index (χ2n) is 2.97. The zero-order valence-corrected chi connectivity index (χ0v) is 8.96. The normalized spacial score (nSPS) is 10.8. The molecule has 5 nitrogen and oxygen atoms in total. The molecule has 2 N–H and O–H groups in total. The molecule has 0 amide bonds. The Labute approximate surface area is 97.0 Å². The highest BCUT2D eigenvalue weighted by molar-refractivity contribution is 6.30. The molecule has 0 radical (unpaired) electrons. The van der Waals surface area contributed by atoms with Gasteiger partial charge in [0.25, 0.3) is 0 Å². The molecule has 1 aromatic heterocycles. The number of aromatic nitrogens is 2. The summed E-state index contributed by atoms with van der Waals surface area (Å²) in [6.45, 7) is 0. The van der Waals surface area contributed by atoms with Gasteiger partial charge in [-0.1, -0.05) is 11.6 Å². The Morgan fingerprint density at radius 3 is 2.56 bits per heavy atom. The number of nitrogens with two attached hydrogens (primary N) is 1. The maximum Gasteiger partial charge on any atom is 0.154 e. The third-order valence-corrected chi connectivity index (χ3v) is 2.07. The fourth-order valence-electron chi connectivity index (χ4n) is 1.03. The summed E-state index contributed by atoms with van der Waals surface area (Å²) in [5.74, 6) is 0.299. The van der Waals surface area contributed by atoms with Gasteiger partial charge in [-0.15, -0.1) is 5.11 Å². The first kappa shape index (κ1) is 10.5. The highest BCUT2D eigenvalue weighted by atomic mass is 35.5. The molecule has 6 heteroatoms. The van der Waals surface area contributed by atoms with Crippen molar-refractivity contribution >= 4 is 28.8 Å². The fourth-order valence-corrected chi connectivity index (χ4v) is 1.15. The first-order valence-corrected chi connectivity index (χ1v) is 4.86. The van der Waals surface area contributed by atoms with Crippen LogP contribution in [0, 0.1) is 0 Å². The molecular formula is C10H8ClN5. The van der Waals surface area contributed by atoms with Crippen molar-refractivity contribution in [2.45, 2.75) is 0 Å². The molecule has 2 aromatic rings. The van der Waals surface area contributed by atoms with E-state index in [0.717, 1.165) is 0 Å². The van der Waals surface area contributed by atoms with E-state index in [2.05, 4.69) is 20.2 Å². The summed E-state index contributed by atoms with van der Waals surface area (Å²) in [7, 11) is 0. The number of nitrogens with zero attached hydrogens (tertiary/aromatic N) is 4. The van der Waals surface area contributed by atoms with E-state index in [1.165, 1.54) is 12.5 Å². The summed E-state index contributed by atoms with van der Waals surface area (Å²) in [6, 6.07) is 6.99. The van der Waals surface area contributed by atoms with Crippen LogP contribution in [0.25, 0.3) is 0 Å². The minimum Gasteiger partial charge on any atom is -0.382 e. The lowest BCUT2D eigenvalue weighted by Crippen LogP contribution is -1.89. The van der Waals surface area contributed by atoms with Gasteiger partial charge in [0.05, 0.1) is 11.9 Å². The second-order valence-corrected chi connectivity index (χ2v) is 3.41. The van der Waals surface area contributed by atoms with Crippen LogP contribution in [0.3, 0.4) is 0 Å². The molecule has 0 unspecified atom stereocenters. The van der Waals surface area contributed by atoms with Gasteiger partial charge in [0.2, 0.25) is 0 Å². The van der Waals surface area contributed by atoms with Gasteiger partial charge in [-0.05, 0) is 24.3 Å². The fraction of sp³-hybridized carbons (Fsp3) is 0. The van der Waals surface area contributed by atoms with Crippen LogP contribution in [0.2, 0.25) is 5.02 Å². The van der Waals surface area contributed by atoms with E-state index in [9.17, 15) is 0 Å². The van der Waals surface area contributed by atoms with Gasteiger partial charge >= 0.3 is 0 Å². The molecule has 80 valence electrons. The van der Waals surface area contributed by atoms with E-state index in [-0.39, 0.29) is 0 Å². The van der Waals surface area contributed by atoms with Crippen molar-refractivity contribution in [3.8, 4) is 0 Å². The van der Waals surface area contributed by atoms with Crippen LogP contribution >= 0.6 is 11.6 Å². The van der Waals surface area contributed by atoms with Crippen molar-refractivity contribution in [3.05, 3.63) is 41.8 Å². The number of benzene rings is 1. The van der Waals surface area contributed by atoms with Gasteiger partial charge in [-0.25, -0.2) is 9.97 Å². The van der Waals surface area contributed by atoms with Crippen molar-refractivity contribution < 1.29 is 0 Å². The SMILES string of the molecule is Nc1ncncc1N=Nc1ccc(Cl)cc1. The Hall–Kier alpha value is -2.01. The summed E-state index contributed by atoms with van der Waals surface area (Å²) in [5.41, 5.74) is 6.71. The van der Waals surface area contributed by atoms with Gasteiger partial charge in [0.1, 0.15) is 12.0 Å². The molecule has 0 fully saturated rings. The Kier molecular flexibility index (Phi) is 3.07. The Morgan fingerprint density at radius 1 is 1.12 bits per heavy atom. The number of hydrogen-bond donors (Lipinski definition) is 1. The summed E-state index contributed by atoms with van der Waals surface area (Å²) in [6.07, 6.45) is 2.86. The van der Waals surface area contributed by atoms with Gasteiger partial charge < -0.3 is 5.73 Å².